The van der Waals surface area contributed by atoms with E-state index in [1.165, 1.54) is 0 Å². The van der Waals surface area contributed by atoms with Crippen LogP contribution in [0.25, 0.3) is 11.2 Å². The van der Waals surface area contributed by atoms with Crippen LogP contribution in [-0.4, -0.2) is 19.5 Å². The van der Waals surface area contributed by atoms with Crippen LogP contribution in [0.15, 0.2) is 22.7 Å². The van der Waals surface area contributed by atoms with Gasteiger partial charge in [-0.15, -0.1) is 11.6 Å². The molecule has 3 aromatic heterocycles. The molecule has 0 N–H and O–H groups in total. The first-order valence-corrected chi connectivity index (χ1v) is 7.43. The average molecular weight is 305 g/mol. The van der Waals surface area contributed by atoms with Crippen LogP contribution in [0.5, 0.6) is 0 Å². The van der Waals surface area contributed by atoms with Crippen LogP contribution in [0.3, 0.4) is 0 Å². The van der Waals surface area contributed by atoms with Gasteiger partial charge in [0.15, 0.2) is 5.65 Å². The Kier molecular flexibility index (Phi) is 3.68. The zero-order valence-corrected chi connectivity index (χ0v) is 13.1. The maximum absolute atomic E-state index is 6.26. The van der Waals surface area contributed by atoms with Crippen LogP contribution >= 0.6 is 11.6 Å². The van der Waals surface area contributed by atoms with Gasteiger partial charge in [0.2, 0.25) is 5.89 Å². The van der Waals surface area contributed by atoms with E-state index in [2.05, 4.69) is 15.0 Å². The van der Waals surface area contributed by atoms with Gasteiger partial charge in [-0.2, -0.15) is 0 Å². The second kappa shape index (κ2) is 5.48. The molecule has 0 bridgehead atoms. The molecule has 0 saturated carbocycles. The van der Waals surface area contributed by atoms with E-state index in [9.17, 15) is 0 Å². The minimum Gasteiger partial charge on any atom is -0.444 e. The summed E-state index contributed by atoms with van der Waals surface area (Å²) in [7, 11) is 0. The molecule has 3 heterocycles. The molecule has 110 valence electrons. The summed E-state index contributed by atoms with van der Waals surface area (Å²) in [5.74, 6) is 2.30. The number of halogens is 1. The fourth-order valence-corrected chi connectivity index (χ4v) is 2.46. The maximum atomic E-state index is 6.26. The predicted octanol–water partition coefficient (Wildman–Crippen LogP) is 3.64. The van der Waals surface area contributed by atoms with Crippen molar-refractivity contribution < 1.29 is 4.42 Å². The summed E-state index contributed by atoms with van der Waals surface area (Å²) in [6, 6.07) is 3.91. The van der Waals surface area contributed by atoms with Gasteiger partial charge in [0.1, 0.15) is 23.6 Å². The number of pyridine rings is 1. The molecule has 0 fully saturated rings. The Labute approximate surface area is 128 Å². The molecule has 5 nitrogen and oxygen atoms in total. The summed E-state index contributed by atoms with van der Waals surface area (Å²) < 4.78 is 7.67. The highest BCUT2D eigenvalue weighted by Gasteiger charge is 2.18. The van der Waals surface area contributed by atoms with Gasteiger partial charge in [0.05, 0.1) is 11.6 Å². The standard InChI is InChI=1S/C15H17ClN4O/c1-4-11-7-17-13(21-11)8-20-14(10(3)16)19-12-6-5-9(2)18-15(12)20/h5-7,10H,4,8H2,1-3H3. The molecule has 0 radical (unpaired) electrons. The van der Waals surface area contributed by atoms with E-state index in [-0.39, 0.29) is 5.38 Å². The van der Waals surface area contributed by atoms with Gasteiger partial charge in [0.25, 0.3) is 0 Å². The van der Waals surface area contributed by atoms with E-state index in [1.54, 1.807) is 6.20 Å². The third-order valence-corrected chi connectivity index (χ3v) is 3.56. The third kappa shape index (κ3) is 2.65. The number of nitrogens with zero attached hydrogens (tertiary/aromatic N) is 4. The summed E-state index contributed by atoms with van der Waals surface area (Å²) in [6.07, 6.45) is 2.59. The largest absolute Gasteiger partial charge is 0.444 e. The third-order valence-electron chi connectivity index (χ3n) is 3.36. The van der Waals surface area contributed by atoms with E-state index in [1.807, 2.05) is 37.5 Å². The fourth-order valence-electron chi connectivity index (χ4n) is 2.29. The van der Waals surface area contributed by atoms with Crippen LogP contribution < -0.4 is 0 Å². The van der Waals surface area contributed by atoms with E-state index < -0.39 is 0 Å². The first-order chi connectivity index (χ1) is 10.1. The molecule has 0 aliphatic rings. The molecule has 6 heteroatoms. The molecule has 0 saturated heterocycles. The molecule has 0 aliphatic carbocycles. The molecular weight excluding hydrogens is 288 g/mol. The fraction of sp³-hybridized carbons (Fsp3) is 0.400. The van der Waals surface area contributed by atoms with Crippen molar-refractivity contribution in [3.05, 3.63) is 41.5 Å². The molecule has 0 aliphatic heterocycles. The van der Waals surface area contributed by atoms with E-state index in [4.69, 9.17) is 16.0 Å². The van der Waals surface area contributed by atoms with Gasteiger partial charge < -0.3 is 8.98 Å². The second-order valence-electron chi connectivity index (χ2n) is 5.04. The molecule has 1 unspecified atom stereocenters. The summed E-state index contributed by atoms with van der Waals surface area (Å²) in [5.41, 5.74) is 2.60. The van der Waals surface area contributed by atoms with Gasteiger partial charge in [0, 0.05) is 12.1 Å². The lowest BCUT2D eigenvalue weighted by atomic mass is 10.3. The minimum absolute atomic E-state index is 0.208. The Balaban J connectivity index is 2.09. The smallest absolute Gasteiger partial charge is 0.214 e. The maximum Gasteiger partial charge on any atom is 0.214 e. The molecule has 0 aromatic carbocycles. The number of aryl methyl sites for hydroxylation is 2. The highest BCUT2D eigenvalue weighted by atomic mass is 35.5. The van der Waals surface area contributed by atoms with Crippen molar-refractivity contribution >= 4 is 22.8 Å². The molecule has 0 amide bonds. The van der Waals surface area contributed by atoms with E-state index in [0.717, 1.165) is 34.9 Å². The lowest BCUT2D eigenvalue weighted by Crippen LogP contribution is -2.07. The predicted molar refractivity (Wildman–Crippen MR) is 81.5 cm³/mol. The number of oxazole rings is 1. The first kappa shape index (κ1) is 14.1. The SMILES string of the molecule is CCc1cnc(Cn2c(C(C)Cl)nc3ccc(C)nc32)o1. The average Bonchev–Trinajstić information content (AvgIpc) is 3.04. The Morgan fingerprint density at radius 2 is 2.14 bits per heavy atom. The Bertz CT molecular complexity index is 775. The van der Waals surface area contributed by atoms with Gasteiger partial charge in [-0.05, 0) is 26.0 Å². The van der Waals surface area contributed by atoms with Crippen LogP contribution in [0.1, 0.15) is 42.4 Å². The van der Waals surface area contributed by atoms with Crippen molar-refractivity contribution in [2.75, 3.05) is 0 Å². The quantitative estimate of drug-likeness (QED) is 0.691. The highest BCUT2D eigenvalue weighted by Crippen LogP contribution is 2.24. The molecular formula is C15H17ClN4O. The van der Waals surface area contributed by atoms with Crippen molar-refractivity contribution in [1.29, 1.82) is 0 Å². The summed E-state index contributed by atoms with van der Waals surface area (Å²) in [4.78, 5) is 13.5. The normalized spacial score (nSPS) is 13.0. The molecule has 3 aromatic rings. The topological polar surface area (TPSA) is 56.7 Å². The number of hydrogen-bond donors (Lipinski definition) is 0. The first-order valence-electron chi connectivity index (χ1n) is 7.00. The Morgan fingerprint density at radius 3 is 2.81 bits per heavy atom. The van der Waals surface area contributed by atoms with Crippen LogP contribution in [0.2, 0.25) is 0 Å². The van der Waals surface area contributed by atoms with Gasteiger partial charge in [-0.1, -0.05) is 6.92 Å². The van der Waals surface area contributed by atoms with Crippen molar-refractivity contribution in [1.82, 2.24) is 19.5 Å². The van der Waals surface area contributed by atoms with Gasteiger partial charge in [-0.3, -0.25) is 0 Å². The highest BCUT2D eigenvalue weighted by molar-refractivity contribution is 6.20. The van der Waals surface area contributed by atoms with Crippen molar-refractivity contribution in [2.24, 2.45) is 0 Å². The minimum atomic E-state index is -0.208. The van der Waals surface area contributed by atoms with Crippen LogP contribution in [-0.2, 0) is 13.0 Å². The number of fused-ring (bicyclic) bond motifs is 1. The lowest BCUT2D eigenvalue weighted by Gasteiger charge is -2.07. The van der Waals surface area contributed by atoms with E-state index in [0.29, 0.717) is 12.4 Å². The van der Waals surface area contributed by atoms with Gasteiger partial charge >= 0.3 is 0 Å². The van der Waals surface area contributed by atoms with Crippen LogP contribution in [0, 0.1) is 6.92 Å². The molecule has 21 heavy (non-hydrogen) atoms. The zero-order valence-electron chi connectivity index (χ0n) is 12.3. The summed E-state index contributed by atoms with van der Waals surface area (Å²) in [5, 5.41) is -0.208. The Hall–Kier alpha value is -1.88. The number of imidazole rings is 1. The molecule has 3 rings (SSSR count). The van der Waals surface area contributed by atoms with Crippen LogP contribution in [0.4, 0.5) is 0 Å². The monoisotopic (exact) mass is 304 g/mol. The summed E-state index contributed by atoms with van der Waals surface area (Å²) in [6.45, 7) is 6.38. The number of aromatic nitrogens is 4. The Morgan fingerprint density at radius 1 is 1.33 bits per heavy atom. The van der Waals surface area contributed by atoms with Gasteiger partial charge in [-0.25, -0.2) is 15.0 Å². The van der Waals surface area contributed by atoms with Crippen molar-refractivity contribution in [3.8, 4) is 0 Å². The number of hydrogen-bond acceptors (Lipinski definition) is 4. The molecule has 0 spiro atoms. The molecule has 1 atom stereocenters. The van der Waals surface area contributed by atoms with Crippen molar-refractivity contribution in [3.63, 3.8) is 0 Å². The number of rotatable bonds is 4. The zero-order chi connectivity index (χ0) is 15.0. The van der Waals surface area contributed by atoms with Crippen molar-refractivity contribution in [2.45, 2.75) is 39.1 Å². The lowest BCUT2D eigenvalue weighted by molar-refractivity contribution is 0.445. The second-order valence-corrected chi connectivity index (χ2v) is 5.70. The summed E-state index contributed by atoms with van der Waals surface area (Å²) >= 11 is 6.26. The van der Waals surface area contributed by atoms with E-state index >= 15 is 0 Å². The number of alkyl halides is 1.